The summed E-state index contributed by atoms with van der Waals surface area (Å²) >= 11 is 0. The number of carboxylic acids is 1. The number of halogens is 1. The largest absolute Gasteiger partial charge is 0.508 e. The van der Waals surface area contributed by atoms with Gasteiger partial charge in [-0.3, -0.25) is 4.79 Å². The zero-order chi connectivity index (χ0) is 22.5. The van der Waals surface area contributed by atoms with Crippen molar-refractivity contribution in [2.45, 2.75) is 19.3 Å². The number of ether oxygens (including phenoxy) is 1. The second-order valence-electron chi connectivity index (χ2n) is 7.66. The van der Waals surface area contributed by atoms with Crippen LogP contribution in [0, 0.1) is 5.82 Å². The van der Waals surface area contributed by atoms with E-state index in [1.54, 1.807) is 30.3 Å². The number of carbonyl (C=O) groups is 1. The Morgan fingerprint density at radius 1 is 0.875 bits per heavy atom. The summed E-state index contributed by atoms with van der Waals surface area (Å²) in [6.07, 6.45) is 0.896. The maximum absolute atomic E-state index is 13.9. The first kappa shape index (κ1) is 21.4. The Kier molecular flexibility index (Phi) is 6.36. The summed E-state index contributed by atoms with van der Waals surface area (Å²) in [5.74, 6) is -0.239. The number of hydrogen-bond donors (Lipinski definition) is 2. The molecule has 0 fully saturated rings. The lowest BCUT2D eigenvalue weighted by Gasteiger charge is -2.14. The first-order valence-corrected chi connectivity index (χ1v) is 10.4. The number of fused-ring (bicyclic) bond motifs is 1. The van der Waals surface area contributed by atoms with Crippen LogP contribution in [0.1, 0.15) is 17.5 Å². The molecule has 0 unspecified atom stereocenters. The third-order valence-corrected chi connectivity index (χ3v) is 5.39. The van der Waals surface area contributed by atoms with Gasteiger partial charge in [0.05, 0.1) is 6.61 Å². The van der Waals surface area contributed by atoms with E-state index < -0.39 is 5.97 Å². The lowest BCUT2D eigenvalue weighted by molar-refractivity contribution is -0.136. The van der Waals surface area contributed by atoms with E-state index in [9.17, 15) is 14.3 Å². The second-order valence-corrected chi connectivity index (χ2v) is 7.66. The van der Waals surface area contributed by atoms with Gasteiger partial charge in [0.25, 0.3) is 0 Å². The van der Waals surface area contributed by atoms with Gasteiger partial charge >= 0.3 is 5.97 Å². The number of rotatable bonds is 8. The third-order valence-electron chi connectivity index (χ3n) is 5.39. The molecule has 0 atom stereocenters. The summed E-state index contributed by atoms with van der Waals surface area (Å²) in [6, 6.07) is 23.4. The van der Waals surface area contributed by atoms with E-state index in [1.165, 1.54) is 6.07 Å². The SMILES string of the molecule is O=C(O)CCc1ccc(OCCc2ccccc2F)c(-c2ccc3cc(O)ccc3c2)c1. The smallest absolute Gasteiger partial charge is 0.303 e. The Hall–Kier alpha value is -3.86. The van der Waals surface area contributed by atoms with Crippen molar-refractivity contribution in [3.63, 3.8) is 0 Å². The standard InChI is InChI=1S/C27H23FO4/c28-25-4-2-1-3-19(25)13-14-32-26-11-5-18(6-12-27(30)31)15-24(26)22-8-7-21-17-23(29)10-9-20(21)16-22/h1-5,7-11,15-17,29H,6,12-14H2,(H,30,31). The fourth-order valence-corrected chi connectivity index (χ4v) is 3.71. The topological polar surface area (TPSA) is 66.8 Å². The van der Waals surface area contributed by atoms with E-state index in [2.05, 4.69) is 0 Å². The van der Waals surface area contributed by atoms with Crippen molar-refractivity contribution in [1.29, 1.82) is 0 Å². The summed E-state index contributed by atoms with van der Waals surface area (Å²) in [7, 11) is 0. The highest BCUT2D eigenvalue weighted by Crippen LogP contribution is 2.34. The van der Waals surface area contributed by atoms with Crippen molar-refractivity contribution in [1.82, 2.24) is 0 Å². The molecule has 0 radical (unpaired) electrons. The summed E-state index contributed by atoms with van der Waals surface area (Å²) in [6.45, 7) is 0.309. The molecule has 0 aliphatic heterocycles. The highest BCUT2D eigenvalue weighted by atomic mass is 19.1. The van der Waals surface area contributed by atoms with Crippen molar-refractivity contribution >= 4 is 16.7 Å². The van der Waals surface area contributed by atoms with Crippen LogP contribution >= 0.6 is 0 Å². The van der Waals surface area contributed by atoms with Crippen LogP contribution in [0.2, 0.25) is 0 Å². The molecule has 2 N–H and O–H groups in total. The van der Waals surface area contributed by atoms with E-state index in [4.69, 9.17) is 9.84 Å². The number of aromatic hydroxyl groups is 1. The molecule has 0 aliphatic carbocycles. The Labute approximate surface area is 185 Å². The van der Waals surface area contributed by atoms with Crippen molar-refractivity contribution in [2.75, 3.05) is 6.61 Å². The second kappa shape index (κ2) is 9.52. The summed E-state index contributed by atoms with van der Waals surface area (Å²) in [5, 5.41) is 20.6. The van der Waals surface area contributed by atoms with Crippen molar-refractivity contribution in [2.24, 2.45) is 0 Å². The summed E-state index contributed by atoms with van der Waals surface area (Å²) in [4.78, 5) is 11.0. The number of aliphatic carboxylic acids is 1. The molecule has 0 amide bonds. The molecule has 4 aromatic carbocycles. The lowest BCUT2D eigenvalue weighted by atomic mass is 9.97. The predicted molar refractivity (Wildman–Crippen MR) is 123 cm³/mol. The maximum Gasteiger partial charge on any atom is 0.303 e. The third kappa shape index (κ3) is 5.06. The van der Waals surface area contributed by atoms with Crippen LogP contribution in [0.3, 0.4) is 0 Å². The predicted octanol–water partition coefficient (Wildman–Crippen LogP) is 5.99. The number of phenolic OH excluding ortho intramolecular Hbond substituents is 1. The summed E-state index contributed by atoms with van der Waals surface area (Å²) in [5.41, 5.74) is 3.25. The molecule has 0 saturated carbocycles. The van der Waals surface area contributed by atoms with Gasteiger partial charge in [-0.25, -0.2) is 4.39 Å². The summed E-state index contributed by atoms with van der Waals surface area (Å²) < 4.78 is 20.0. The number of phenols is 1. The molecule has 162 valence electrons. The molecule has 4 nitrogen and oxygen atoms in total. The molecule has 4 rings (SSSR count). The van der Waals surface area contributed by atoms with Crippen LogP contribution in [-0.4, -0.2) is 22.8 Å². The molecule has 0 bridgehead atoms. The Bertz CT molecular complexity index is 1270. The van der Waals surface area contributed by atoms with E-state index in [1.807, 2.05) is 42.5 Å². The number of hydrogen-bond acceptors (Lipinski definition) is 3. The van der Waals surface area contributed by atoms with Crippen molar-refractivity contribution in [3.05, 3.63) is 95.8 Å². The fourth-order valence-electron chi connectivity index (χ4n) is 3.71. The quantitative estimate of drug-likeness (QED) is 0.360. The highest BCUT2D eigenvalue weighted by Gasteiger charge is 2.11. The number of aryl methyl sites for hydroxylation is 1. The van der Waals surface area contributed by atoms with Gasteiger partial charge in [-0.2, -0.15) is 0 Å². The van der Waals surface area contributed by atoms with Crippen molar-refractivity contribution in [3.8, 4) is 22.6 Å². The van der Waals surface area contributed by atoms with Crippen LogP contribution in [0.5, 0.6) is 11.5 Å². The van der Waals surface area contributed by atoms with Gasteiger partial charge in [-0.15, -0.1) is 0 Å². The zero-order valence-electron chi connectivity index (χ0n) is 17.4. The van der Waals surface area contributed by atoms with Crippen LogP contribution in [-0.2, 0) is 17.6 Å². The van der Waals surface area contributed by atoms with E-state index in [0.717, 1.165) is 27.5 Å². The molecule has 0 saturated heterocycles. The normalized spacial score (nSPS) is 10.9. The monoisotopic (exact) mass is 430 g/mol. The fraction of sp³-hybridized carbons (Fsp3) is 0.148. The van der Waals surface area contributed by atoms with Gasteiger partial charge in [-0.1, -0.05) is 42.5 Å². The average Bonchev–Trinajstić information content (AvgIpc) is 2.79. The van der Waals surface area contributed by atoms with Gasteiger partial charge in [0.15, 0.2) is 0 Å². The minimum atomic E-state index is -0.845. The molecule has 0 spiro atoms. The molecule has 0 aromatic heterocycles. The minimum Gasteiger partial charge on any atom is -0.508 e. The Balaban J connectivity index is 1.64. The van der Waals surface area contributed by atoms with Crippen LogP contribution < -0.4 is 4.74 Å². The van der Waals surface area contributed by atoms with Gasteiger partial charge in [0, 0.05) is 18.4 Å². The zero-order valence-corrected chi connectivity index (χ0v) is 17.4. The number of carboxylic acid groups (broad SMARTS) is 1. The van der Waals surface area contributed by atoms with E-state index in [0.29, 0.717) is 30.8 Å². The lowest BCUT2D eigenvalue weighted by Crippen LogP contribution is -2.04. The molecule has 5 heteroatoms. The molecular weight excluding hydrogens is 407 g/mol. The average molecular weight is 430 g/mol. The van der Waals surface area contributed by atoms with E-state index >= 15 is 0 Å². The van der Waals surface area contributed by atoms with Crippen molar-refractivity contribution < 1.29 is 24.1 Å². The van der Waals surface area contributed by atoms with Crippen LogP contribution in [0.25, 0.3) is 21.9 Å². The Morgan fingerprint density at radius 2 is 1.66 bits per heavy atom. The van der Waals surface area contributed by atoms with Gasteiger partial charge < -0.3 is 14.9 Å². The van der Waals surface area contributed by atoms with Gasteiger partial charge in [0.1, 0.15) is 17.3 Å². The number of benzene rings is 4. The van der Waals surface area contributed by atoms with Crippen LogP contribution in [0.4, 0.5) is 4.39 Å². The molecular formula is C27H23FO4. The highest BCUT2D eigenvalue weighted by molar-refractivity contribution is 5.89. The first-order valence-electron chi connectivity index (χ1n) is 10.4. The van der Waals surface area contributed by atoms with Gasteiger partial charge in [0.2, 0.25) is 0 Å². The van der Waals surface area contributed by atoms with Gasteiger partial charge in [-0.05, 0) is 70.3 Å². The molecule has 4 aromatic rings. The van der Waals surface area contributed by atoms with Crippen LogP contribution in [0.15, 0.2) is 78.9 Å². The molecule has 0 aliphatic rings. The Morgan fingerprint density at radius 3 is 2.47 bits per heavy atom. The maximum atomic E-state index is 13.9. The minimum absolute atomic E-state index is 0.0456. The molecule has 32 heavy (non-hydrogen) atoms. The van der Waals surface area contributed by atoms with E-state index in [-0.39, 0.29) is 18.0 Å². The first-order chi connectivity index (χ1) is 15.5. The molecule has 0 heterocycles.